The predicted octanol–water partition coefficient (Wildman–Crippen LogP) is 3.80. The molecule has 0 saturated heterocycles. The average Bonchev–Trinajstić information content (AvgIpc) is 2.72. The highest BCUT2D eigenvalue weighted by atomic mass is 32.2. The fourth-order valence-corrected chi connectivity index (χ4v) is 4.71. The van der Waals surface area contributed by atoms with E-state index in [2.05, 4.69) is 5.32 Å². The molecule has 11 heteroatoms. The number of carbonyl (C=O) groups excluding carboxylic acids is 1. The van der Waals surface area contributed by atoms with Gasteiger partial charge in [0.2, 0.25) is 0 Å². The summed E-state index contributed by atoms with van der Waals surface area (Å²) in [5.74, 6) is -0.224. The molecule has 0 radical (unpaired) electrons. The Labute approximate surface area is 191 Å². The number of nitrogen functional groups attached to an aromatic ring is 1. The van der Waals surface area contributed by atoms with Gasteiger partial charge in [-0.3, -0.25) is 13.9 Å². The number of benzene rings is 3. The minimum atomic E-state index is -4.85. The van der Waals surface area contributed by atoms with Crippen LogP contribution < -0.4 is 11.1 Å². The van der Waals surface area contributed by atoms with E-state index in [0.717, 1.165) is 17.7 Å². The molecule has 0 unspecified atom stereocenters. The van der Waals surface area contributed by atoms with Gasteiger partial charge in [0.05, 0.1) is 0 Å². The van der Waals surface area contributed by atoms with E-state index in [0.29, 0.717) is 5.56 Å². The summed E-state index contributed by atoms with van der Waals surface area (Å²) in [5.41, 5.74) is 6.65. The smallest absolute Gasteiger partial charge is 0.295 e. The van der Waals surface area contributed by atoms with Crippen LogP contribution in [0.25, 0.3) is 11.1 Å². The van der Waals surface area contributed by atoms with Gasteiger partial charge in [-0.05, 0) is 47.9 Å². The van der Waals surface area contributed by atoms with Gasteiger partial charge in [-0.15, -0.1) is 0 Å². The van der Waals surface area contributed by atoms with Crippen molar-refractivity contribution < 1.29 is 30.7 Å². The molecule has 3 rings (SSSR count). The molecule has 0 aliphatic heterocycles. The van der Waals surface area contributed by atoms with Crippen molar-refractivity contribution in [3.63, 3.8) is 0 Å². The Kier molecular flexibility index (Phi) is 6.61. The van der Waals surface area contributed by atoms with E-state index in [1.54, 1.807) is 12.1 Å². The summed E-state index contributed by atoms with van der Waals surface area (Å²) in [6, 6.07) is 13.9. The molecule has 3 aromatic rings. The van der Waals surface area contributed by atoms with E-state index in [4.69, 9.17) is 5.73 Å². The molecule has 3 aromatic carbocycles. The third kappa shape index (κ3) is 5.57. The van der Waals surface area contributed by atoms with Crippen LogP contribution in [-0.2, 0) is 20.2 Å². The quantitative estimate of drug-likeness (QED) is 0.299. The lowest BCUT2D eigenvalue weighted by Crippen LogP contribution is -2.13. The number of hydrogen-bond acceptors (Lipinski definition) is 6. The molecule has 0 heterocycles. The maximum absolute atomic E-state index is 12.6. The van der Waals surface area contributed by atoms with Crippen LogP contribution in [0.1, 0.15) is 35.7 Å². The number of rotatable bonds is 6. The number of nitrogens with two attached hydrogens (primary N) is 1. The Morgan fingerprint density at radius 3 is 1.85 bits per heavy atom. The molecular formula is C22H22N2O7S2. The monoisotopic (exact) mass is 490 g/mol. The summed E-state index contributed by atoms with van der Waals surface area (Å²) in [5, 5.41) is 2.55. The number of hydrogen-bond donors (Lipinski definition) is 4. The van der Waals surface area contributed by atoms with Crippen LogP contribution in [0.15, 0.2) is 70.5 Å². The van der Waals surface area contributed by atoms with Crippen LogP contribution in [0.2, 0.25) is 0 Å². The van der Waals surface area contributed by atoms with Crippen LogP contribution in [0.5, 0.6) is 0 Å². The van der Waals surface area contributed by atoms with Gasteiger partial charge in [-0.2, -0.15) is 16.8 Å². The summed E-state index contributed by atoms with van der Waals surface area (Å²) in [6.45, 7) is 4.03. The molecular weight excluding hydrogens is 468 g/mol. The summed E-state index contributed by atoms with van der Waals surface area (Å²) in [7, 11) is -9.62. The molecule has 9 nitrogen and oxygen atoms in total. The highest BCUT2D eigenvalue weighted by Gasteiger charge is 2.24. The molecule has 174 valence electrons. The third-order valence-electron chi connectivity index (χ3n) is 4.93. The van der Waals surface area contributed by atoms with Crippen molar-refractivity contribution in [2.75, 3.05) is 11.1 Å². The largest absolute Gasteiger partial charge is 0.399 e. The van der Waals surface area contributed by atoms with Crippen molar-refractivity contribution in [2.24, 2.45) is 0 Å². The topological polar surface area (TPSA) is 164 Å². The van der Waals surface area contributed by atoms with Crippen molar-refractivity contribution in [2.45, 2.75) is 29.6 Å². The van der Waals surface area contributed by atoms with E-state index < -0.39 is 35.9 Å². The Morgan fingerprint density at radius 2 is 1.33 bits per heavy atom. The van der Waals surface area contributed by atoms with E-state index in [-0.39, 0.29) is 28.4 Å². The second-order valence-corrected chi connectivity index (χ2v) is 10.4. The summed E-state index contributed by atoms with van der Waals surface area (Å²) < 4.78 is 67.1. The highest BCUT2D eigenvalue weighted by molar-refractivity contribution is 7.86. The van der Waals surface area contributed by atoms with E-state index in [1.807, 2.05) is 26.0 Å². The van der Waals surface area contributed by atoms with Crippen molar-refractivity contribution in [3.8, 4) is 11.1 Å². The Balaban J connectivity index is 2.05. The maximum atomic E-state index is 12.6. The average molecular weight is 491 g/mol. The lowest BCUT2D eigenvalue weighted by Gasteiger charge is -2.14. The molecule has 0 fully saturated rings. The Hall–Kier alpha value is -3.25. The van der Waals surface area contributed by atoms with Crippen LogP contribution in [-0.4, -0.2) is 31.8 Å². The first kappa shape index (κ1) is 24.4. The lowest BCUT2D eigenvalue weighted by atomic mass is 10.0. The molecule has 0 bridgehead atoms. The van der Waals surface area contributed by atoms with Crippen molar-refractivity contribution in [1.82, 2.24) is 0 Å². The fraction of sp³-hybridized carbons (Fsp3) is 0.136. The van der Waals surface area contributed by atoms with Gasteiger partial charge in [0.25, 0.3) is 26.1 Å². The normalized spacial score (nSPS) is 12.0. The van der Waals surface area contributed by atoms with Gasteiger partial charge in [0.15, 0.2) is 0 Å². The van der Waals surface area contributed by atoms with E-state index in [9.17, 15) is 30.7 Å². The molecule has 0 spiro atoms. The zero-order valence-electron chi connectivity index (χ0n) is 17.7. The predicted molar refractivity (Wildman–Crippen MR) is 124 cm³/mol. The second-order valence-electron chi connectivity index (χ2n) is 7.65. The van der Waals surface area contributed by atoms with Crippen LogP contribution >= 0.6 is 0 Å². The van der Waals surface area contributed by atoms with Gasteiger partial charge in [-0.1, -0.05) is 38.1 Å². The van der Waals surface area contributed by atoms with Gasteiger partial charge < -0.3 is 11.1 Å². The van der Waals surface area contributed by atoms with Gasteiger partial charge in [0.1, 0.15) is 9.79 Å². The van der Waals surface area contributed by atoms with Crippen molar-refractivity contribution in [3.05, 3.63) is 71.8 Å². The lowest BCUT2D eigenvalue weighted by molar-refractivity contribution is 0.102. The third-order valence-corrected chi connectivity index (χ3v) is 6.72. The van der Waals surface area contributed by atoms with Crippen LogP contribution in [0.3, 0.4) is 0 Å². The number of nitrogens with one attached hydrogen (secondary N) is 1. The van der Waals surface area contributed by atoms with Crippen molar-refractivity contribution >= 4 is 37.5 Å². The molecule has 0 aliphatic rings. The summed E-state index contributed by atoms with van der Waals surface area (Å²) in [6.07, 6.45) is 0. The summed E-state index contributed by atoms with van der Waals surface area (Å²) >= 11 is 0. The van der Waals surface area contributed by atoms with Gasteiger partial charge in [-0.25, -0.2) is 0 Å². The summed E-state index contributed by atoms with van der Waals surface area (Å²) in [4.78, 5) is 11.3. The zero-order chi connectivity index (χ0) is 24.6. The molecule has 0 aromatic heterocycles. The number of carbonyl (C=O) groups is 1. The molecule has 0 saturated carbocycles. The molecule has 33 heavy (non-hydrogen) atoms. The van der Waals surface area contributed by atoms with Crippen LogP contribution in [0.4, 0.5) is 11.4 Å². The zero-order valence-corrected chi connectivity index (χ0v) is 19.3. The fourth-order valence-electron chi connectivity index (χ4n) is 3.23. The minimum Gasteiger partial charge on any atom is -0.399 e. The molecule has 0 aliphatic carbocycles. The standard InChI is InChI=1S/C22H22N2O7S2/c1-13(2)14-3-5-15(6-4-14)22(25)24-17-8-10-19(21(12-17)33(29,30)31)18-9-7-16(23)11-20(18)32(26,27)28/h3-13H,23H2,1-2H3,(H,24,25)(H,26,27,28)(H,29,30,31). The molecule has 1 amide bonds. The first-order chi connectivity index (χ1) is 15.3. The Morgan fingerprint density at radius 1 is 0.818 bits per heavy atom. The van der Waals surface area contributed by atoms with E-state index in [1.165, 1.54) is 24.3 Å². The Bertz CT molecular complexity index is 1430. The first-order valence-corrected chi connectivity index (χ1v) is 12.6. The number of anilines is 2. The first-order valence-electron chi connectivity index (χ1n) is 9.67. The molecule has 5 N–H and O–H groups in total. The molecule has 0 atom stereocenters. The van der Waals surface area contributed by atoms with Crippen LogP contribution in [0, 0.1) is 0 Å². The van der Waals surface area contributed by atoms with Gasteiger partial charge in [0, 0.05) is 28.1 Å². The number of amides is 1. The SMILES string of the molecule is CC(C)c1ccc(C(=O)Nc2ccc(-c3ccc(N)cc3S(=O)(=O)O)c(S(=O)(=O)O)c2)cc1. The second kappa shape index (κ2) is 8.94. The van der Waals surface area contributed by atoms with Crippen molar-refractivity contribution in [1.29, 1.82) is 0 Å². The minimum absolute atomic E-state index is 0.0205. The maximum Gasteiger partial charge on any atom is 0.295 e. The van der Waals surface area contributed by atoms with Gasteiger partial charge >= 0.3 is 0 Å². The van der Waals surface area contributed by atoms with E-state index >= 15 is 0 Å². The highest BCUT2D eigenvalue weighted by Crippen LogP contribution is 2.35.